The second-order valence-electron chi connectivity index (χ2n) is 11.1. The van der Waals surface area contributed by atoms with E-state index in [0.29, 0.717) is 43.3 Å². The van der Waals surface area contributed by atoms with Gasteiger partial charge in [-0.3, -0.25) is 14.4 Å². The van der Waals surface area contributed by atoms with E-state index in [4.69, 9.17) is 5.73 Å². The highest BCUT2D eigenvalue weighted by molar-refractivity contribution is 5.90. The normalized spacial score (nSPS) is 33.0. The average molecular weight is 445 g/mol. The SMILES string of the molecule is NCC1CCC(CNC(=O)[C@H]2CC(N(C(=O)C3CC3)C3CC3)CCN2C(=O)C2CC2)CC1. The molecule has 1 unspecified atom stereocenters. The van der Waals surface area contributed by atoms with Crippen LogP contribution in [0, 0.1) is 23.7 Å². The van der Waals surface area contributed by atoms with Gasteiger partial charge in [0.05, 0.1) is 0 Å². The van der Waals surface area contributed by atoms with Crippen molar-refractivity contribution >= 4 is 17.7 Å². The summed E-state index contributed by atoms with van der Waals surface area (Å²) in [6, 6.07) is 0.0188. The molecule has 178 valence electrons. The van der Waals surface area contributed by atoms with Crippen LogP contribution < -0.4 is 11.1 Å². The Bertz CT molecular complexity index is 723. The third-order valence-corrected chi connectivity index (χ3v) is 8.47. The maximum Gasteiger partial charge on any atom is 0.242 e. The standard InChI is InChI=1S/C25H40N4O3/c26-14-16-1-3-17(4-2-16)15-27-23(30)22-13-21(11-12-28(22)24(31)18-5-6-18)29(20-9-10-20)25(32)19-7-8-19/h16-22H,1-15,26H2,(H,27,30)/t16?,17?,21?,22-/m1/s1. The molecule has 2 atom stereocenters. The second-order valence-corrected chi connectivity index (χ2v) is 11.1. The molecule has 0 spiro atoms. The van der Waals surface area contributed by atoms with Crippen LogP contribution in [0.5, 0.6) is 0 Å². The molecule has 7 nitrogen and oxygen atoms in total. The van der Waals surface area contributed by atoms with Crippen LogP contribution in [0.4, 0.5) is 0 Å². The fourth-order valence-electron chi connectivity index (χ4n) is 5.86. The molecule has 0 radical (unpaired) electrons. The predicted octanol–water partition coefficient (Wildman–Crippen LogP) is 2.04. The van der Waals surface area contributed by atoms with Crippen LogP contribution in [0.2, 0.25) is 0 Å². The van der Waals surface area contributed by atoms with Gasteiger partial charge in [0.1, 0.15) is 6.04 Å². The summed E-state index contributed by atoms with van der Waals surface area (Å²) in [6.45, 7) is 2.05. The molecule has 32 heavy (non-hydrogen) atoms. The van der Waals surface area contributed by atoms with Crippen molar-refractivity contribution < 1.29 is 14.4 Å². The highest BCUT2D eigenvalue weighted by atomic mass is 16.2. The Labute approximate surface area is 191 Å². The van der Waals surface area contributed by atoms with E-state index in [1.807, 2.05) is 4.90 Å². The summed E-state index contributed by atoms with van der Waals surface area (Å²) < 4.78 is 0. The van der Waals surface area contributed by atoms with Gasteiger partial charge < -0.3 is 20.9 Å². The Balaban J connectivity index is 1.23. The van der Waals surface area contributed by atoms with Crippen LogP contribution in [-0.4, -0.2) is 65.3 Å². The minimum Gasteiger partial charge on any atom is -0.354 e. The Morgan fingerprint density at radius 2 is 1.47 bits per heavy atom. The number of amides is 3. The summed E-state index contributed by atoms with van der Waals surface area (Å²) in [5.74, 6) is 1.89. The number of piperidine rings is 1. The van der Waals surface area contributed by atoms with Gasteiger partial charge in [0.15, 0.2) is 0 Å². The van der Waals surface area contributed by atoms with Gasteiger partial charge in [-0.05, 0) is 95.4 Å². The van der Waals surface area contributed by atoms with E-state index in [1.54, 1.807) is 0 Å². The molecule has 5 rings (SSSR count). The molecule has 0 bridgehead atoms. The van der Waals surface area contributed by atoms with Crippen molar-refractivity contribution in [2.45, 2.75) is 95.2 Å². The van der Waals surface area contributed by atoms with Crippen LogP contribution >= 0.6 is 0 Å². The van der Waals surface area contributed by atoms with Crippen LogP contribution in [0.3, 0.4) is 0 Å². The molecule has 0 aromatic rings. The van der Waals surface area contributed by atoms with Crippen molar-refractivity contribution in [2.75, 3.05) is 19.6 Å². The lowest BCUT2D eigenvalue weighted by atomic mass is 9.82. The highest BCUT2D eigenvalue weighted by Gasteiger charge is 2.48. The van der Waals surface area contributed by atoms with Crippen molar-refractivity contribution in [1.29, 1.82) is 0 Å². The van der Waals surface area contributed by atoms with Crippen LogP contribution in [0.1, 0.15) is 77.0 Å². The lowest BCUT2D eigenvalue weighted by Gasteiger charge is -2.43. The molecule has 0 aromatic heterocycles. The molecule has 4 saturated carbocycles. The number of nitrogens with two attached hydrogens (primary N) is 1. The first-order chi connectivity index (χ1) is 15.5. The Hall–Kier alpha value is -1.63. The van der Waals surface area contributed by atoms with Gasteiger partial charge in [0.2, 0.25) is 17.7 Å². The summed E-state index contributed by atoms with van der Waals surface area (Å²) in [5, 5.41) is 3.20. The minimum atomic E-state index is -0.435. The molecule has 5 aliphatic rings. The third kappa shape index (κ3) is 4.97. The number of nitrogens with zero attached hydrogens (tertiary/aromatic N) is 2. The smallest absolute Gasteiger partial charge is 0.242 e. The monoisotopic (exact) mass is 444 g/mol. The van der Waals surface area contributed by atoms with E-state index in [1.165, 1.54) is 0 Å². The number of hydrogen-bond acceptors (Lipinski definition) is 4. The van der Waals surface area contributed by atoms with Crippen molar-refractivity contribution in [3.05, 3.63) is 0 Å². The lowest BCUT2D eigenvalue weighted by molar-refractivity contribution is -0.147. The number of likely N-dealkylation sites (tertiary alicyclic amines) is 1. The molecule has 3 amide bonds. The Morgan fingerprint density at radius 1 is 0.812 bits per heavy atom. The van der Waals surface area contributed by atoms with Gasteiger partial charge in [0.25, 0.3) is 0 Å². The molecule has 3 N–H and O–H groups in total. The Kier molecular flexibility index (Phi) is 6.46. The zero-order chi connectivity index (χ0) is 22.2. The molecule has 7 heteroatoms. The number of carbonyl (C=O) groups is 3. The largest absolute Gasteiger partial charge is 0.354 e. The number of nitrogens with one attached hydrogen (secondary N) is 1. The van der Waals surface area contributed by atoms with E-state index < -0.39 is 6.04 Å². The minimum absolute atomic E-state index is 0.0146. The Morgan fingerprint density at radius 3 is 2.06 bits per heavy atom. The van der Waals surface area contributed by atoms with Crippen LogP contribution in [0.25, 0.3) is 0 Å². The molecule has 1 aliphatic heterocycles. The van der Waals surface area contributed by atoms with Gasteiger partial charge in [0, 0.05) is 37.0 Å². The summed E-state index contributed by atoms with van der Waals surface area (Å²) in [4.78, 5) is 43.3. The van der Waals surface area contributed by atoms with Gasteiger partial charge in [-0.1, -0.05) is 0 Å². The topological polar surface area (TPSA) is 95.7 Å². The summed E-state index contributed by atoms with van der Waals surface area (Å²) in [7, 11) is 0. The van der Waals surface area contributed by atoms with Gasteiger partial charge in [-0.15, -0.1) is 0 Å². The quantitative estimate of drug-likeness (QED) is 0.599. The molecule has 1 saturated heterocycles. The average Bonchev–Trinajstić information content (AvgIpc) is 3.67. The zero-order valence-corrected chi connectivity index (χ0v) is 19.3. The molecular weight excluding hydrogens is 404 g/mol. The van der Waals surface area contributed by atoms with Crippen molar-refractivity contribution in [2.24, 2.45) is 29.4 Å². The van der Waals surface area contributed by atoms with Crippen LogP contribution in [0.15, 0.2) is 0 Å². The molecular formula is C25H40N4O3. The van der Waals surface area contributed by atoms with Gasteiger partial charge >= 0.3 is 0 Å². The number of carbonyl (C=O) groups excluding carboxylic acids is 3. The maximum absolute atomic E-state index is 13.4. The summed E-state index contributed by atoms with van der Waals surface area (Å²) in [5.41, 5.74) is 5.81. The third-order valence-electron chi connectivity index (χ3n) is 8.47. The highest BCUT2D eigenvalue weighted by Crippen LogP contribution is 2.40. The summed E-state index contributed by atoms with van der Waals surface area (Å²) in [6.07, 6.45) is 12.0. The van der Waals surface area contributed by atoms with Crippen LogP contribution in [-0.2, 0) is 14.4 Å². The van der Waals surface area contributed by atoms with Crippen molar-refractivity contribution in [3.63, 3.8) is 0 Å². The van der Waals surface area contributed by atoms with E-state index in [9.17, 15) is 14.4 Å². The van der Waals surface area contributed by atoms with Gasteiger partial charge in [-0.25, -0.2) is 0 Å². The van der Waals surface area contributed by atoms with E-state index in [2.05, 4.69) is 10.2 Å². The first-order valence-electron chi connectivity index (χ1n) is 13.2. The molecule has 4 aliphatic carbocycles. The second kappa shape index (κ2) is 9.32. The fraction of sp³-hybridized carbons (Fsp3) is 0.880. The van der Waals surface area contributed by atoms with E-state index >= 15 is 0 Å². The maximum atomic E-state index is 13.4. The van der Waals surface area contributed by atoms with E-state index in [0.717, 1.165) is 77.2 Å². The molecule has 0 aromatic carbocycles. The predicted molar refractivity (Wildman–Crippen MR) is 121 cm³/mol. The lowest BCUT2D eigenvalue weighted by Crippen LogP contribution is -2.59. The zero-order valence-electron chi connectivity index (χ0n) is 19.3. The first-order valence-corrected chi connectivity index (χ1v) is 13.2. The molecule has 1 heterocycles. The van der Waals surface area contributed by atoms with E-state index in [-0.39, 0.29) is 29.7 Å². The first kappa shape index (κ1) is 22.2. The summed E-state index contributed by atoms with van der Waals surface area (Å²) >= 11 is 0. The molecule has 5 fully saturated rings. The van der Waals surface area contributed by atoms with Gasteiger partial charge in [-0.2, -0.15) is 0 Å². The number of hydrogen-bond donors (Lipinski definition) is 2. The van der Waals surface area contributed by atoms with Crippen molar-refractivity contribution in [3.8, 4) is 0 Å². The number of rotatable bonds is 8. The van der Waals surface area contributed by atoms with Crippen molar-refractivity contribution in [1.82, 2.24) is 15.1 Å². The fourth-order valence-corrected chi connectivity index (χ4v) is 5.86.